The molecular formula is C11H22N4O2. The normalized spacial score (nSPS) is 19.5. The van der Waals surface area contributed by atoms with Crippen LogP contribution in [0, 0.1) is 5.92 Å². The van der Waals surface area contributed by atoms with E-state index in [1.54, 1.807) is 14.1 Å². The van der Waals surface area contributed by atoms with Crippen LogP contribution in [0.15, 0.2) is 0 Å². The molecule has 1 aliphatic heterocycles. The molecule has 0 saturated carbocycles. The van der Waals surface area contributed by atoms with Crippen LogP contribution in [-0.2, 0) is 4.79 Å². The van der Waals surface area contributed by atoms with Gasteiger partial charge in [-0.15, -0.1) is 0 Å². The van der Waals surface area contributed by atoms with E-state index in [2.05, 4.69) is 16.0 Å². The van der Waals surface area contributed by atoms with E-state index in [9.17, 15) is 9.59 Å². The van der Waals surface area contributed by atoms with Crippen molar-refractivity contribution in [1.29, 1.82) is 0 Å². The summed E-state index contributed by atoms with van der Waals surface area (Å²) in [6, 6.07) is -0.140. The summed E-state index contributed by atoms with van der Waals surface area (Å²) >= 11 is 0. The lowest BCUT2D eigenvalue weighted by molar-refractivity contribution is -0.125. The highest BCUT2D eigenvalue weighted by Gasteiger charge is 2.20. The van der Waals surface area contributed by atoms with Crippen molar-refractivity contribution in [2.45, 2.75) is 12.8 Å². The number of urea groups is 1. The third-order valence-electron chi connectivity index (χ3n) is 2.77. The summed E-state index contributed by atoms with van der Waals surface area (Å²) in [6.45, 7) is 2.70. The fraction of sp³-hybridized carbons (Fsp3) is 0.818. The molecule has 0 aromatic heterocycles. The maximum Gasteiger partial charge on any atom is 0.316 e. The van der Waals surface area contributed by atoms with Gasteiger partial charge in [0.25, 0.3) is 0 Å². The highest BCUT2D eigenvalue weighted by Crippen LogP contribution is 2.09. The number of nitrogens with zero attached hydrogens (tertiary/aromatic N) is 1. The first kappa shape index (κ1) is 13.8. The smallest absolute Gasteiger partial charge is 0.316 e. The maximum absolute atomic E-state index is 11.7. The Labute approximate surface area is 102 Å². The number of amides is 3. The molecule has 0 aromatic carbocycles. The Bertz CT molecular complexity index is 262. The average Bonchev–Trinajstić information content (AvgIpc) is 2.35. The van der Waals surface area contributed by atoms with Crippen molar-refractivity contribution in [3.05, 3.63) is 0 Å². The van der Waals surface area contributed by atoms with Crippen molar-refractivity contribution in [3.8, 4) is 0 Å². The van der Waals surface area contributed by atoms with Crippen LogP contribution in [0.3, 0.4) is 0 Å². The summed E-state index contributed by atoms with van der Waals surface area (Å²) in [6.07, 6.45) is 2.00. The number of hydrogen-bond acceptors (Lipinski definition) is 3. The molecule has 1 unspecified atom stereocenters. The molecule has 1 heterocycles. The first-order valence-electron chi connectivity index (χ1n) is 6.05. The molecule has 6 nitrogen and oxygen atoms in total. The Morgan fingerprint density at radius 2 is 2.00 bits per heavy atom. The van der Waals surface area contributed by atoms with Crippen LogP contribution in [-0.4, -0.2) is 57.1 Å². The van der Waals surface area contributed by atoms with E-state index in [4.69, 9.17) is 0 Å². The molecule has 6 heteroatoms. The monoisotopic (exact) mass is 242 g/mol. The molecule has 1 saturated heterocycles. The molecule has 98 valence electrons. The third-order valence-corrected chi connectivity index (χ3v) is 2.77. The summed E-state index contributed by atoms with van der Waals surface area (Å²) in [4.78, 5) is 24.3. The predicted octanol–water partition coefficient (Wildman–Crippen LogP) is -0.627. The molecule has 0 spiro atoms. The van der Waals surface area contributed by atoms with E-state index in [-0.39, 0.29) is 17.9 Å². The lowest BCUT2D eigenvalue weighted by Crippen LogP contribution is -2.44. The molecule has 3 amide bonds. The van der Waals surface area contributed by atoms with Gasteiger partial charge in [0.05, 0.1) is 5.92 Å². The van der Waals surface area contributed by atoms with Crippen LogP contribution in [0.4, 0.5) is 4.79 Å². The van der Waals surface area contributed by atoms with Crippen molar-refractivity contribution >= 4 is 11.9 Å². The Morgan fingerprint density at radius 1 is 1.29 bits per heavy atom. The summed E-state index contributed by atoms with van der Waals surface area (Å²) in [5, 5.41) is 8.73. The molecule has 0 bridgehead atoms. The van der Waals surface area contributed by atoms with Crippen LogP contribution in [0.2, 0.25) is 0 Å². The first-order chi connectivity index (χ1) is 8.11. The van der Waals surface area contributed by atoms with Gasteiger partial charge in [0, 0.05) is 33.7 Å². The van der Waals surface area contributed by atoms with Gasteiger partial charge in [-0.05, 0) is 19.4 Å². The topological polar surface area (TPSA) is 73.5 Å². The highest BCUT2D eigenvalue weighted by molar-refractivity contribution is 5.79. The minimum Gasteiger partial charge on any atom is -0.354 e. The van der Waals surface area contributed by atoms with Gasteiger partial charge in [-0.3, -0.25) is 4.79 Å². The Hall–Kier alpha value is -1.30. The van der Waals surface area contributed by atoms with Crippen molar-refractivity contribution in [1.82, 2.24) is 20.9 Å². The van der Waals surface area contributed by atoms with Crippen molar-refractivity contribution in [2.75, 3.05) is 40.3 Å². The first-order valence-corrected chi connectivity index (χ1v) is 6.05. The van der Waals surface area contributed by atoms with Gasteiger partial charge >= 0.3 is 6.03 Å². The quantitative estimate of drug-likeness (QED) is 0.575. The van der Waals surface area contributed by atoms with Crippen molar-refractivity contribution in [3.63, 3.8) is 0 Å². The lowest BCUT2D eigenvalue weighted by Gasteiger charge is -2.22. The van der Waals surface area contributed by atoms with Crippen molar-refractivity contribution < 1.29 is 9.59 Å². The van der Waals surface area contributed by atoms with Crippen LogP contribution in [0.25, 0.3) is 0 Å². The molecule has 1 rings (SSSR count). The van der Waals surface area contributed by atoms with Gasteiger partial charge in [-0.2, -0.15) is 0 Å². The maximum atomic E-state index is 11.7. The van der Waals surface area contributed by atoms with E-state index in [1.165, 1.54) is 4.90 Å². The van der Waals surface area contributed by atoms with Gasteiger partial charge in [-0.1, -0.05) is 0 Å². The van der Waals surface area contributed by atoms with Gasteiger partial charge in [0.1, 0.15) is 0 Å². The fourth-order valence-electron chi connectivity index (χ4n) is 1.73. The second kappa shape index (κ2) is 7.11. The number of nitrogens with one attached hydrogen (secondary N) is 3. The number of carbonyl (C=O) groups excluding carboxylic acids is 2. The van der Waals surface area contributed by atoms with Gasteiger partial charge in [-0.25, -0.2) is 4.79 Å². The largest absolute Gasteiger partial charge is 0.354 e. The molecule has 1 aliphatic rings. The number of hydrogen-bond donors (Lipinski definition) is 3. The Balaban J connectivity index is 2.09. The zero-order valence-electron chi connectivity index (χ0n) is 10.6. The predicted molar refractivity (Wildman–Crippen MR) is 65.7 cm³/mol. The van der Waals surface area contributed by atoms with E-state index in [1.807, 2.05) is 0 Å². The molecule has 1 atom stereocenters. The van der Waals surface area contributed by atoms with Crippen LogP contribution in [0.1, 0.15) is 12.8 Å². The molecule has 3 N–H and O–H groups in total. The van der Waals surface area contributed by atoms with E-state index < -0.39 is 0 Å². The van der Waals surface area contributed by atoms with Crippen molar-refractivity contribution in [2.24, 2.45) is 5.92 Å². The molecule has 0 aromatic rings. The summed E-state index contributed by atoms with van der Waals surface area (Å²) in [7, 11) is 3.36. The fourth-order valence-corrected chi connectivity index (χ4v) is 1.73. The molecule has 17 heavy (non-hydrogen) atoms. The van der Waals surface area contributed by atoms with Crippen LogP contribution < -0.4 is 16.0 Å². The van der Waals surface area contributed by atoms with E-state index >= 15 is 0 Å². The average molecular weight is 242 g/mol. The van der Waals surface area contributed by atoms with Gasteiger partial charge in [0.15, 0.2) is 0 Å². The second-order valence-electron chi connectivity index (χ2n) is 4.46. The number of piperidine rings is 1. The third kappa shape index (κ3) is 5.04. The Kier molecular flexibility index (Phi) is 5.76. The minimum atomic E-state index is -0.140. The van der Waals surface area contributed by atoms with Crippen LogP contribution in [0.5, 0.6) is 0 Å². The Morgan fingerprint density at radius 3 is 2.59 bits per heavy atom. The summed E-state index contributed by atoms with van der Waals surface area (Å²) in [5.74, 6) is 0.157. The van der Waals surface area contributed by atoms with Gasteiger partial charge < -0.3 is 20.9 Å². The zero-order chi connectivity index (χ0) is 12.7. The number of carbonyl (C=O) groups is 2. The molecule has 1 fully saturated rings. The van der Waals surface area contributed by atoms with E-state index in [0.717, 1.165) is 25.9 Å². The summed E-state index contributed by atoms with van der Waals surface area (Å²) in [5.41, 5.74) is 0. The SMILES string of the molecule is CN(C)C(=O)NCCNC(=O)C1CCCNC1. The lowest BCUT2D eigenvalue weighted by atomic mass is 9.99. The summed E-state index contributed by atoms with van der Waals surface area (Å²) < 4.78 is 0. The molecule has 0 radical (unpaired) electrons. The standard InChI is InChI=1S/C11H22N4O2/c1-15(2)11(17)14-7-6-13-10(16)9-4-3-5-12-8-9/h9,12H,3-8H2,1-2H3,(H,13,16)(H,14,17). The second-order valence-corrected chi connectivity index (χ2v) is 4.46. The highest BCUT2D eigenvalue weighted by atomic mass is 16.2. The van der Waals surface area contributed by atoms with Crippen LogP contribution >= 0.6 is 0 Å². The zero-order valence-corrected chi connectivity index (χ0v) is 10.6. The minimum absolute atomic E-state index is 0.0771. The van der Waals surface area contributed by atoms with Gasteiger partial charge in [0.2, 0.25) is 5.91 Å². The van der Waals surface area contributed by atoms with E-state index in [0.29, 0.717) is 13.1 Å². The molecule has 0 aliphatic carbocycles. The number of rotatable bonds is 4. The molecular weight excluding hydrogens is 220 g/mol.